The minimum absolute atomic E-state index is 0.176. The van der Waals surface area contributed by atoms with Crippen molar-refractivity contribution < 1.29 is 14.6 Å². The van der Waals surface area contributed by atoms with E-state index >= 15 is 0 Å². The minimum atomic E-state index is -0.731. The molecule has 1 saturated heterocycles. The van der Waals surface area contributed by atoms with E-state index in [0.29, 0.717) is 6.61 Å². The number of hydrogen-bond donors (Lipinski definition) is 1. The van der Waals surface area contributed by atoms with Gasteiger partial charge in [-0.1, -0.05) is 36.8 Å². The molecule has 1 aliphatic rings. The van der Waals surface area contributed by atoms with Gasteiger partial charge in [-0.25, -0.2) is 0 Å². The number of benzene rings is 1. The number of carbonyl (C=O) groups is 1. The SMILES string of the molecule is CC[C@@]1(C)C[C@@](CC(=O)O)(c2ccc(C)cc2)CCO1. The lowest BCUT2D eigenvalue weighted by atomic mass is 9.66. The van der Waals surface area contributed by atoms with Crippen molar-refractivity contribution in [3.8, 4) is 0 Å². The summed E-state index contributed by atoms with van der Waals surface area (Å²) in [6.45, 7) is 6.88. The fraction of sp³-hybridized carbons (Fsp3) is 0.588. The minimum Gasteiger partial charge on any atom is -0.481 e. The molecule has 0 radical (unpaired) electrons. The van der Waals surface area contributed by atoms with Crippen LogP contribution in [0.1, 0.15) is 50.7 Å². The van der Waals surface area contributed by atoms with Gasteiger partial charge in [-0.3, -0.25) is 4.79 Å². The van der Waals surface area contributed by atoms with Crippen LogP contribution in [0.4, 0.5) is 0 Å². The number of ether oxygens (including phenoxy) is 1. The van der Waals surface area contributed by atoms with Crippen molar-refractivity contribution in [2.45, 2.75) is 57.5 Å². The predicted molar refractivity (Wildman–Crippen MR) is 79.0 cm³/mol. The molecule has 1 fully saturated rings. The normalized spacial score (nSPS) is 30.1. The second kappa shape index (κ2) is 5.57. The van der Waals surface area contributed by atoms with Crippen LogP contribution in [-0.2, 0) is 14.9 Å². The number of rotatable bonds is 4. The van der Waals surface area contributed by atoms with Crippen LogP contribution in [0.2, 0.25) is 0 Å². The van der Waals surface area contributed by atoms with E-state index in [1.165, 1.54) is 5.56 Å². The molecule has 0 bridgehead atoms. The molecule has 20 heavy (non-hydrogen) atoms. The highest BCUT2D eigenvalue weighted by molar-refractivity contribution is 5.69. The van der Waals surface area contributed by atoms with E-state index in [4.69, 9.17) is 4.74 Å². The van der Waals surface area contributed by atoms with Crippen molar-refractivity contribution in [1.82, 2.24) is 0 Å². The Kier molecular flexibility index (Phi) is 4.19. The van der Waals surface area contributed by atoms with Crippen LogP contribution in [-0.4, -0.2) is 23.3 Å². The number of carboxylic acid groups (broad SMARTS) is 1. The lowest BCUT2D eigenvalue weighted by molar-refractivity contribution is -0.143. The lowest BCUT2D eigenvalue weighted by Gasteiger charge is -2.46. The Morgan fingerprint density at radius 2 is 2.00 bits per heavy atom. The highest BCUT2D eigenvalue weighted by Crippen LogP contribution is 2.45. The van der Waals surface area contributed by atoms with Crippen molar-refractivity contribution in [2.75, 3.05) is 6.61 Å². The summed E-state index contributed by atoms with van der Waals surface area (Å²) in [6.07, 6.45) is 2.62. The molecule has 110 valence electrons. The second-order valence-corrected chi connectivity index (χ2v) is 6.30. The first-order valence-electron chi connectivity index (χ1n) is 7.32. The van der Waals surface area contributed by atoms with E-state index in [9.17, 15) is 9.90 Å². The van der Waals surface area contributed by atoms with Crippen LogP contribution in [0.3, 0.4) is 0 Å². The van der Waals surface area contributed by atoms with E-state index in [-0.39, 0.29) is 17.4 Å². The number of aliphatic carboxylic acids is 1. The van der Waals surface area contributed by atoms with Crippen LogP contribution in [0, 0.1) is 6.92 Å². The molecule has 1 aromatic rings. The molecule has 0 spiro atoms. The van der Waals surface area contributed by atoms with Gasteiger partial charge in [0.1, 0.15) is 0 Å². The van der Waals surface area contributed by atoms with Crippen LogP contribution in [0.5, 0.6) is 0 Å². The highest BCUT2D eigenvalue weighted by atomic mass is 16.5. The van der Waals surface area contributed by atoms with Gasteiger partial charge < -0.3 is 9.84 Å². The standard InChI is InChI=1S/C17H24O3/c1-4-16(3)12-17(9-10-20-16,11-15(18)19)14-7-5-13(2)6-8-14/h5-8H,4,9-12H2,1-3H3,(H,18,19)/t16-,17+/m0/s1. The summed E-state index contributed by atoms with van der Waals surface area (Å²) < 4.78 is 5.90. The Morgan fingerprint density at radius 3 is 2.55 bits per heavy atom. The highest BCUT2D eigenvalue weighted by Gasteiger charge is 2.44. The van der Waals surface area contributed by atoms with E-state index < -0.39 is 5.97 Å². The van der Waals surface area contributed by atoms with Gasteiger partial charge >= 0.3 is 5.97 Å². The average molecular weight is 276 g/mol. The lowest BCUT2D eigenvalue weighted by Crippen LogP contribution is -2.46. The molecule has 3 nitrogen and oxygen atoms in total. The van der Waals surface area contributed by atoms with Crippen molar-refractivity contribution in [3.63, 3.8) is 0 Å². The van der Waals surface area contributed by atoms with Crippen molar-refractivity contribution in [3.05, 3.63) is 35.4 Å². The third-order valence-electron chi connectivity index (χ3n) is 4.64. The monoisotopic (exact) mass is 276 g/mol. The van der Waals surface area contributed by atoms with Gasteiger partial charge in [-0.2, -0.15) is 0 Å². The largest absolute Gasteiger partial charge is 0.481 e. The predicted octanol–water partition coefficient (Wildman–Crippen LogP) is 3.69. The third kappa shape index (κ3) is 3.04. The van der Waals surface area contributed by atoms with Crippen molar-refractivity contribution in [2.24, 2.45) is 0 Å². The van der Waals surface area contributed by atoms with Crippen LogP contribution >= 0.6 is 0 Å². The summed E-state index contributed by atoms with van der Waals surface area (Å²) in [4.78, 5) is 11.4. The molecule has 1 aliphatic heterocycles. The first-order chi connectivity index (χ1) is 9.39. The molecule has 0 aromatic heterocycles. The average Bonchev–Trinajstić information content (AvgIpc) is 2.38. The zero-order valence-corrected chi connectivity index (χ0v) is 12.6. The van der Waals surface area contributed by atoms with Gasteiger partial charge in [0.05, 0.1) is 12.0 Å². The maximum atomic E-state index is 11.4. The van der Waals surface area contributed by atoms with Crippen LogP contribution in [0.15, 0.2) is 24.3 Å². The fourth-order valence-corrected chi connectivity index (χ4v) is 3.27. The maximum Gasteiger partial charge on any atom is 0.304 e. The summed E-state index contributed by atoms with van der Waals surface area (Å²) >= 11 is 0. The second-order valence-electron chi connectivity index (χ2n) is 6.30. The Bertz CT molecular complexity index is 480. The van der Waals surface area contributed by atoms with Gasteiger partial charge in [0.2, 0.25) is 0 Å². The molecular weight excluding hydrogens is 252 g/mol. The van der Waals surface area contributed by atoms with Crippen LogP contribution < -0.4 is 0 Å². The number of aryl methyl sites for hydroxylation is 1. The van der Waals surface area contributed by atoms with Crippen molar-refractivity contribution in [1.29, 1.82) is 0 Å². The fourth-order valence-electron chi connectivity index (χ4n) is 3.27. The Balaban J connectivity index is 2.39. The number of carboxylic acids is 1. The number of hydrogen-bond acceptors (Lipinski definition) is 2. The van der Waals surface area contributed by atoms with Crippen LogP contribution in [0.25, 0.3) is 0 Å². The molecule has 2 atom stereocenters. The molecule has 2 rings (SSSR count). The summed E-state index contributed by atoms with van der Waals surface area (Å²) in [7, 11) is 0. The van der Waals surface area contributed by atoms with Crippen molar-refractivity contribution >= 4 is 5.97 Å². The smallest absolute Gasteiger partial charge is 0.304 e. The molecule has 1 N–H and O–H groups in total. The molecule has 1 aromatic carbocycles. The van der Waals surface area contributed by atoms with Gasteiger partial charge in [-0.05, 0) is 38.7 Å². The third-order valence-corrected chi connectivity index (χ3v) is 4.64. The van der Waals surface area contributed by atoms with Gasteiger partial charge in [-0.15, -0.1) is 0 Å². The molecule has 0 amide bonds. The van der Waals surface area contributed by atoms with E-state index in [0.717, 1.165) is 24.8 Å². The summed E-state index contributed by atoms with van der Waals surface area (Å²) in [5.74, 6) is -0.731. The van der Waals surface area contributed by atoms with Gasteiger partial charge in [0, 0.05) is 12.0 Å². The Hall–Kier alpha value is -1.35. The van der Waals surface area contributed by atoms with E-state index in [1.807, 2.05) is 6.92 Å². The molecule has 0 saturated carbocycles. The van der Waals surface area contributed by atoms with E-state index in [2.05, 4.69) is 38.1 Å². The zero-order chi connectivity index (χ0) is 14.8. The van der Waals surface area contributed by atoms with E-state index in [1.54, 1.807) is 0 Å². The molecular formula is C17H24O3. The first-order valence-corrected chi connectivity index (χ1v) is 7.32. The van der Waals surface area contributed by atoms with Gasteiger partial charge in [0.25, 0.3) is 0 Å². The molecule has 3 heteroatoms. The Morgan fingerprint density at radius 1 is 1.35 bits per heavy atom. The summed E-state index contributed by atoms with van der Waals surface area (Å²) in [5, 5.41) is 9.35. The summed E-state index contributed by atoms with van der Waals surface area (Å²) in [6, 6.07) is 8.30. The first kappa shape index (κ1) is 15.0. The molecule has 0 unspecified atom stereocenters. The molecule has 0 aliphatic carbocycles. The topological polar surface area (TPSA) is 46.5 Å². The quantitative estimate of drug-likeness (QED) is 0.912. The van der Waals surface area contributed by atoms with Gasteiger partial charge in [0.15, 0.2) is 0 Å². The Labute approximate surface area is 121 Å². The summed E-state index contributed by atoms with van der Waals surface area (Å²) in [5.41, 5.74) is 1.80. The molecule has 1 heterocycles. The zero-order valence-electron chi connectivity index (χ0n) is 12.6. The maximum absolute atomic E-state index is 11.4.